The minimum Gasteiger partial charge on any atom is -0.488 e. The Morgan fingerprint density at radius 3 is 2.79 bits per heavy atom. The number of aryl methyl sites for hydroxylation is 1. The summed E-state index contributed by atoms with van der Waals surface area (Å²) < 4.78 is 38.6. The van der Waals surface area contributed by atoms with Crippen LogP contribution in [0.15, 0.2) is 30.5 Å². The van der Waals surface area contributed by atoms with E-state index in [1.807, 2.05) is 12.3 Å². The maximum atomic E-state index is 10.7. The van der Waals surface area contributed by atoms with E-state index in [4.69, 9.17) is 9.29 Å². The molecule has 0 radical (unpaired) electrons. The zero-order valence-electron chi connectivity index (χ0n) is 17.0. The van der Waals surface area contributed by atoms with Gasteiger partial charge in [0.05, 0.1) is 0 Å². The Balaban J connectivity index is 1.55. The van der Waals surface area contributed by atoms with E-state index in [9.17, 15) is 8.42 Å². The number of pyridine rings is 1. The molecule has 2 heterocycles. The van der Waals surface area contributed by atoms with Crippen molar-refractivity contribution in [2.75, 3.05) is 26.2 Å². The van der Waals surface area contributed by atoms with Crippen molar-refractivity contribution in [1.29, 1.82) is 0 Å². The van der Waals surface area contributed by atoms with Crippen LogP contribution in [0.1, 0.15) is 44.6 Å². The number of unbranched alkanes of at least 4 members (excludes halogenated alkanes) is 1. The smallest absolute Gasteiger partial charge is 0.333 e. The van der Waals surface area contributed by atoms with Crippen molar-refractivity contribution in [2.24, 2.45) is 0 Å². The fourth-order valence-electron chi connectivity index (χ4n) is 3.77. The van der Waals surface area contributed by atoms with Gasteiger partial charge in [-0.25, -0.2) is 0 Å². The minimum atomic E-state index is -4.09. The van der Waals surface area contributed by atoms with Crippen LogP contribution < -0.4 is 9.46 Å². The third kappa shape index (κ3) is 6.92. The lowest BCUT2D eigenvalue weighted by Gasteiger charge is -2.32. The van der Waals surface area contributed by atoms with Crippen LogP contribution in [0.2, 0.25) is 0 Å². The first kappa shape index (κ1) is 22.0. The molecule has 3 rings (SSSR count). The molecule has 0 unspecified atom stereocenters. The van der Waals surface area contributed by atoms with Crippen LogP contribution in [0.3, 0.4) is 0 Å². The van der Waals surface area contributed by atoms with Crippen molar-refractivity contribution >= 4 is 21.2 Å². The SMILES string of the molecule is CCCCc1cc(OC2CCN(CCCNS(=O)(=O)O)CC2)c2ncccc2c1. The summed E-state index contributed by atoms with van der Waals surface area (Å²) in [4.78, 5) is 6.85. The molecular weight excluding hydrogens is 390 g/mol. The van der Waals surface area contributed by atoms with E-state index in [2.05, 4.69) is 39.7 Å². The Hall–Kier alpha value is -1.74. The molecule has 0 aliphatic carbocycles. The van der Waals surface area contributed by atoms with Gasteiger partial charge in [0.15, 0.2) is 0 Å². The molecule has 0 spiro atoms. The molecule has 0 amide bonds. The van der Waals surface area contributed by atoms with E-state index in [1.54, 1.807) is 0 Å². The second kappa shape index (κ2) is 10.3. The Morgan fingerprint density at radius 2 is 2.07 bits per heavy atom. The molecule has 1 fully saturated rings. The van der Waals surface area contributed by atoms with Crippen molar-refractivity contribution in [2.45, 2.75) is 51.6 Å². The van der Waals surface area contributed by atoms with Gasteiger partial charge < -0.3 is 9.64 Å². The van der Waals surface area contributed by atoms with E-state index >= 15 is 0 Å². The lowest BCUT2D eigenvalue weighted by atomic mass is 10.0. The first-order valence-electron chi connectivity index (χ1n) is 10.4. The van der Waals surface area contributed by atoms with Gasteiger partial charge in [0.1, 0.15) is 17.4 Å². The number of hydrogen-bond acceptors (Lipinski definition) is 5. The second-order valence-electron chi connectivity index (χ2n) is 7.65. The molecule has 1 aromatic heterocycles. The Bertz CT molecular complexity index is 896. The van der Waals surface area contributed by atoms with Crippen molar-refractivity contribution in [3.63, 3.8) is 0 Å². The summed E-state index contributed by atoms with van der Waals surface area (Å²) in [5, 5.41) is 1.12. The molecule has 160 valence electrons. The summed E-state index contributed by atoms with van der Waals surface area (Å²) in [5.41, 5.74) is 2.22. The van der Waals surface area contributed by atoms with Crippen LogP contribution in [-0.2, 0) is 16.7 Å². The van der Waals surface area contributed by atoms with Gasteiger partial charge in [0.2, 0.25) is 0 Å². The molecule has 1 saturated heterocycles. The third-order valence-corrected chi connectivity index (χ3v) is 5.88. The molecule has 8 heteroatoms. The average molecular weight is 422 g/mol. The highest BCUT2D eigenvalue weighted by molar-refractivity contribution is 7.83. The maximum Gasteiger partial charge on any atom is 0.333 e. The van der Waals surface area contributed by atoms with Gasteiger partial charge in [0.25, 0.3) is 0 Å². The highest BCUT2D eigenvalue weighted by Crippen LogP contribution is 2.29. The molecule has 0 saturated carbocycles. The molecule has 29 heavy (non-hydrogen) atoms. The summed E-state index contributed by atoms with van der Waals surface area (Å²) in [6, 6.07) is 8.42. The number of fused-ring (bicyclic) bond motifs is 1. The van der Waals surface area contributed by atoms with Crippen LogP contribution >= 0.6 is 0 Å². The number of aromatic nitrogens is 1. The number of likely N-dealkylation sites (tertiary alicyclic amines) is 1. The van der Waals surface area contributed by atoms with Gasteiger partial charge in [-0.15, -0.1) is 0 Å². The van der Waals surface area contributed by atoms with Crippen LogP contribution in [0.25, 0.3) is 10.9 Å². The quantitative estimate of drug-likeness (QED) is 0.452. The fourth-order valence-corrected chi connectivity index (χ4v) is 4.17. The summed E-state index contributed by atoms with van der Waals surface area (Å²) >= 11 is 0. The Morgan fingerprint density at radius 1 is 1.28 bits per heavy atom. The zero-order chi connectivity index (χ0) is 20.7. The number of hydrogen-bond donors (Lipinski definition) is 2. The normalized spacial score (nSPS) is 16.3. The van der Waals surface area contributed by atoms with E-state index in [-0.39, 0.29) is 12.6 Å². The Labute approximate surface area is 173 Å². The van der Waals surface area contributed by atoms with E-state index < -0.39 is 10.3 Å². The standard InChI is InChI=1S/C21H31N3O4S/c1-2-3-6-17-15-18-7-4-10-22-21(18)20(16-17)28-19-8-13-24(14-9-19)12-5-11-23-29(25,26)27/h4,7,10,15-16,19,23H,2-3,5-6,8-9,11-14H2,1H3,(H,25,26,27). The first-order chi connectivity index (χ1) is 13.9. The molecule has 2 N–H and O–H groups in total. The van der Waals surface area contributed by atoms with Gasteiger partial charge >= 0.3 is 10.3 Å². The number of nitrogens with zero attached hydrogens (tertiary/aromatic N) is 2. The highest BCUT2D eigenvalue weighted by Gasteiger charge is 2.21. The van der Waals surface area contributed by atoms with Crippen LogP contribution in [0.5, 0.6) is 5.75 Å². The lowest BCUT2D eigenvalue weighted by molar-refractivity contribution is 0.101. The van der Waals surface area contributed by atoms with Gasteiger partial charge in [-0.05, 0) is 62.4 Å². The van der Waals surface area contributed by atoms with Crippen molar-refractivity contribution in [3.8, 4) is 5.75 Å². The van der Waals surface area contributed by atoms with Crippen LogP contribution in [0.4, 0.5) is 0 Å². The summed E-state index contributed by atoms with van der Waals surface area (Å²) in [5.74, 6) is 0.880. The van der Waals surface area contributed by atoms with E-state index in [0.29, 0.717) is 6.42 Å². The monoisotopic (exact) mass is 421 g/mol. The van der Waals surface area contributed by atoms with Gasteiger partial charge in [0, 0.05) is 31.2 Å². The third-order valence-electron chi connectivity index (χ3n) is 5.31. The van der Waals surface area contributed by atoms with Gasteiger partial charge in [-0.3, -0.25) is 9.54 Å². The van der Waals surface area contributed by atoms with Crippen LogP contribution in [0, 0.1) is 0 Å². The number of rotatable bonds is 10. The largest absolute Gasteiger partial charge is 0.488 e. The highest BCUT2D eigenvalue weighted by atomic mass is 32.2. The number of benzene rings is 1. The predicted octanol–water partition coefficient (Wildman–Crippen LogP) is 3.20. The minimum absolute atomic E-state index is 0.161. The Kier molecular flexibility index (Phi) is 7.83. The van der Waals surface area contributed by atoms with Crippen LogP contribution in [-0.4, -0.2) is 55.1 Å². The topological polar surface area (TPSA) is 91.8 Å². The molecule has 0 atom stereocenters. The van der Waals surface area contributed by atoms with Gasteiger partial charge in [-0.2, -0.15) is 13.1 Å². The molecule has 1 aliphatic heterocycles. The van der Waals surface area contributed by atoms with Gasteiger partial charge in [-0.1, -0.05) is 19.4 Å². The van der Waals surface area contributed by atoms with Crippen molar-refractivity contribution < 1.29 is 17.7 Å². The first-order valence-corrected chi connectivity index (χ1v) is 11.9. The zero-order valence-corrected chi connectivity index (χ0v) is 17.8. The molecule has 0 bridgehead atoms. The van der Waals surface area contributed by atoms with Crippen molar-refractivity contribution in [3.05, 3.63) is 36.0 Å². The van der Waals surface area contributed by atoms with E-state index in [0.717, 1.165) is 62.0 Å². The lowest BCUT2D eigenvalue weighted by Crippen LogP contribution is -2.39. The summed E-state index contributed by atoms with van der Waals surface area (Å²) in [6.07, 6.45) is 7.87. The number of ether oxygens (including phenoxy) is 1. The average Bonchev–Trinajstić information content (AvgIpc) is 2.70. The molecule has 1 aromatic carbocycles. The van der Waals surface area contributed by atoms with E-state index in [1.165, 1.54) is 12.0 Å². The second-order valence-corrected chi connectivity index (χ2v) is 8.89. The fraction of sp³-hybridized carbons (Fsp3) is 0.571. The summed E-state index contributed by atoms with van der Waals surface area (Å²) in [7, 11) is -4.09. The predicted molar refractivity (Wildman–Crippen MR) is 115 cm³/mol. The molecule has 7 nitrogen and oxygen atoms in total. The van der Waals surface area contributed by atoms with Crippen molar-refractivity contribution in [1.82, 2.24) is 14.6 Å². The molecule has 2 aromatic rings. The number of piperidine rings is 1. The molecule has 1 aliphatic rings. The summed E-state index contributed by atoms with van der Waals surface area (Å²) in [6.45, 7) is 5.07. The molecular formula is C21H31N3O4S. The number of nitrogens with one attached hydrogen (secondary N) is 1. The maximum absolute atomic E-state index is 10.7.